The zero-order valence-corrected chi connectivity index (χ0v) is 29.6. The lowest BCUT2D eigenvalue weighted by atomic mass is 9.97. The van der Waals surface area contributed by atoms with Gasteiger partial charge in [-0.25, -0.2) is 19.2 Å². The average Bonchev–Trinajstić information content (AvgIpc) is 3.14. The van der Waals surface area contributed by atoms with Gasteiger partial charge in [-0.1, -0.05) is 102 Å². The molecule has 1 heterocycles. The number of hydrogen-bond donors (Lipinski definition) is 2. The molecule has 2 N–H and O–H groups in total. The number of alkyl halides is 3. The second kappa shape index (κ2) is 20.2. The Bertz CT molecular complexity index is 1540. The number of carbonyl (C=O) groups is 4. The van der Waals surface area contributed by atoms with Gasteiger partial charge in [-0.15, -0.1) is 0 Å². The van der Waals surface area contributed by atoms with E-state index in [-0.39, 0.29) is 29.9 Å². The van der Waals surface area contributed by atoms with Gasteiger partial charge in [0.1, 0.15) is 12.7 Å². The van der Waals surface area contributed by atoms with Crippen molar-refractivity contribution in [2.45, 2.75) is 60.2 Å². The molecule has 0 bridgehead atoms. The number of aliphatic hydroxyl groups is 1. The van der Waals surface area contributed by atoms with Gasteiger partial charge in [-0.3, -0.25) is 0 Å². The Kier molecular flexibility index (Phi) is 15.8. The second-order valence-electron chi connectivity index (χ2n) is 11.3. The Hall–Kier alpha value is -3.91. The number of rotatable bonds is 16. The first-order valence-electron chi connectivity index (χ1n) is 16.2. The minimum atomic E-state index is -1.70. The highest BCUT2D eigenvalue weighted by Crippen LogP contribution is 2.31. The summed E-state index contributed by atoms with van der Waals surface area (Å²) in [5.74, 6) is -2.33. The molecular formula is C36H38Cl3NO11. The van der Waals surface area contributed by atoms with Crippen molar-refractivity contribution in [3.8, 4) is 0 Å². The van der Waals surface area contributed by atoms with Crippen molar-refractivity contribution in [2.24, 2.45) is 0 Å². The molecule has 0 radical (unpaired) electrons. The lowest BCUT2D eigenvalue weighted by Crippen LogP contribution is -2.63. The van der Waals surface area contributed by atoms with Gasteiger partial charge in [-0.05, 0) is 49.2 Å². The molecule has 0 unspecified atom stereocenters. The molecule has 1 aliphatic heterocycles. The summed E-state index contributed by atoms with van der Waals surface area (Å²) in [6.45, 7) is -0.582. The summed E-state index contributed by atoms with van der Waals surface area (Å²) in [6.07, 6.45) is -5.01. The minimum Gasteiger partial charge on any atom is -0.452 e. The van der Waals surface area contributed by atoms with Gasteiger partial charge >= 0.3 is 24.0 Å². The molecule has 1 saturated heterocycles. The van der Waals surface area contributed by atoms with Crippen LogP contribution in [0, 0.1) is 0 Å². The number of unbranched alkanes of at least 4 members (excludes halogenated alkanes) is 3. The number of amides is 1. The van der Waals surface area contributed by atoms with Gasteiger partial charge < -0.3 is 38.8 Å². The van der Waals surface area contributed by atoms with E-state index in [1.165, 1.54) is 24.3 Å². The summed E-state index contributed by atoms with van der Waals surface area (Å²) in [4.78, 5) is 51.8. The number of benzene rings is 3. The monoisotopic (exact) mass is 765 g/mol. The van der Waals surface area contributed by atoms with Crippen LogP contribution >= 0.6 is 34.8 Å². The van der Waals surface area contributed by atoms with Crippen LogP contribution in [0.3, 0.4) is 0 Å². The first-order chi connectivity index (χ1) is 24.6. The van der Waals surface area contributed by atoms with E-state index in [2.05, 4.69) is 5.32 Å². The molecule has 1 amide bonds. The Morgan fingerprint density at radius 2 is 1.14 bits per heavy atom. The summed E-state index contributed by atoms with van der Waals surface area (Å²) in [6, 6.07) is 24.4. The van der Waals surface area contributed by atoms with Crippen LogP contribution in [0.4, 0.5) is 4.79 Å². The van der Waals surface area contributed by atoms with E-state index in [0.29, 0.717) is 32.2 Å². The highest BCUT2D eigenvalue weighted by molar-refractivity contribution is 6.67. The van der Waals surface area contributed by atoms with Crippen LogP contribution in [0.5, 0.6) is 0 Å². The van der Waals surface area contributed by atoms with Crippen LogP contribution in [-0.4, -0.2) is 90.0 Å². The predicted octanol–water partition coefficient (Wildman–Crippen LogP) is 6.05. The minimum absolute atomic E-state index is 0.120. The van der Waals surface area contributed by atoms with Crippen LogP contribution in [-0.2, 0) is 28.4 Å². The molecule has 1 fully saturated rings. The van der Waals surface area contributed by atoms with Gasteiger partial charge in [0.05, 0.1) is 23.3 Å². The molecule has 3 aromatic carbocycles. The van der Waals surface area contributed by atoms with Crippen LogP contribution in [0.25, 0.3) is 0 Å². The standard InChI is InChI=1S/C36H38Cl3NO11/c37-36(38,39)23-47-35(45)40-20-12-1-2-13-21-46-34-30(51-33(44)26-18-10-5-11-19-26)29(50-32(43)25-16-8-4-9-17-25)28(27(22-41)48-34)49-31(42)24-14-6-3-7-15-24/h3-11,14-19,27-30,34,41H,1-2,12-13,20-23H2,(H,40,45)/t27-,28+,29+,30-,34-/m1/s1. The van der Waals surface area contributed by atoms with Crippen molar-refractivity contribution >= 4 is 58.8 Å². The molecule has 0 aliphatic carbocycles. The zero-order valence-electron chi connectivity index (χ0n) is 27.4. The molecule has 0 spiro atoms. The number of aliphatic hydroxyl groups excluding tert-OH is 1. The predicted molar refractivity (Wildman–Crippen MR) is 187 cm³/mol. The van der Waals surface area contributed by atoms with Crippen molar-refractivity contribution in [2.75, 3.05) is 26.4 Å². The fourth-order valence-corrected chi connectivity index (χ4v) is 5.19. The summed E-state index contributed by atoms with van der Waals surface area (Å²) < 4.78 is 32.9. The summed E-state index contributed by atoms with van der Waals surface area (Å²) in [5.41, 5.74) is 0.598. The zero-order chi connectivity index (χ0) is 36.6. The SMILES string of the molecule is O=C(NCCCCCCO[C@@H]1O[C@H](CO)[C@H](OC(=O)c2ccccc2)[C@H](OC(=O)c2ccccc2)[C@H]1OC(=O)c1ccccc1)OCC(Cl)(Cl)Cl. The lowest BCUT2D eigenvalue weighted by molar-refractivity contribution is -0.298. The van der Waals surface area contributed by atoms with E-state index in [0.717, 1.165) is 0 Å². The molecule has 51 heavy (non-hydrogen) atoms. The molecule has 3 aromatic rings. The number of carbonyl (C=O) groups excluding carboxylic acids is 4. The first kappa shape index (κ1) is 39.9. The third kappa shape index (κ3) is 13.0. The maximum absolute atomic E-state index is 13.4. The average molecular weight is 767 g/mol. The molecule has 5 atom stereocenters. The maximum Gasteiger partial charge on any atom is 0.407 e. The fraction of sp³-hybridized carbons (Fsp3) is 0.389. The topological polar surface area (TPSA) is 156 Å². The first-order valence-corrected chi connectivity index (χ1v) is 17.3. The van der Waals surface area contributed by atoms with Gasteiger partial charge in [-0.2, -0.15) is 0 Å². The van der Waals surface area contributed by atoms with E-state index < -0.39 is 65.1 Å². The quantitative estimate of drug-likeness (QED) is 0.0757. The largest absolute Gasteiger partial charge is 0.452 e. The Morgan fingerprint density at radius 1 is 0.667 bits per heavy atom. The van der Waals surface area contributed by atoms with E-state index in [1.54, 1.807) is 66.7 Å². The van der Waals surface area contributed by atoms with Gasteiger partial charge in [0.15, 0.2) is 24.6 Å². The highest BCUT2D eigenvalue weighted by atomic mass is 35.6. The number of halogens is 3. The van der Waals surface area contributed by atoms with Gasteiger partial charge in [0.25, 0.3) is 0 Å². The summed E-state index contributed by atoms with van der Waals surface area (Å²) >= 11 is 16.7. The number of alkyl carbamates (subject to hydrolysis) is 1. The van der Waals surface area contributed by atoms with Crippen LogP contribution in [0.15, 0.2) is 91.0 Å². The lowest BCUT2D eigenvalue weighted by Gasteiger charge is -2.44. The molecular weight excluding hydrogens is 729 g/mol. The second-order valence-corrected chi connectivity index (χ2v) is 13.9. The maximum atomic E-state index is 13.4. The van der Waals surface area contributed by atoms with E-state index >= 15 is 0 Å². The van der Waals surface area contributed by atoms with Crippen molar-refractivity contribution < 1.29 is 52.7 Å². The van der Waals surface area contributed by atoms with Crippen molar-refractivity contribution in [1.29, 1.82) is 0 Å². The van der Waals surface area contributed by atoms with E-state index in [9.17, 15) is 24.3 Å². The summed E-state index contributed by atoms with van der Waals surface area (Å²) in [5, 5.41) is 13.0. The van der Waals surface area contributed by atoms with Gasteiger partial charge in [0.2, 0.25) is 3.79 Å². The van der Waals surface area contributed by atoms with Crippen molar-refractivity contribution in [3.05, 3.63) is 108 Å². The van der Waals surface area contributed by atoms with Crippen LogP contribution < -0.4 is 5.32 Å². The molecule has 4 rings (SSSR count). The third-order valence-corrected chi connectivity index (χ3v) is 7.85. The molecule has 274 valence electrons. The number of ether oxygens (including phenoxy) is 6. The fourth-order valence-electron chi connectivity index (χ4n) is 5.03. The number of hydrogen-bond acceptors (Lipinski definition) is 11. The van der Waals surface area contributed by atoms with E-state index in [1.807, 2.05) is 0 Å². The smallest absolute Gasteiger partial charge is 0.407 e. The van der Waals surface area contributed by atoms with Crippen molar-refractivity contribution in [3.63, 3.8) is 0 Å². The molecule has 1 aliphatic rings. The highest BCUT2D eigenvalue weighted by Gasteiger charge is 2.53. The van der Waals surface area contributed by atoms with Crippen molar-refractivity contribution in [1.82, 2.24) is 5.32 Å². The number of esters is 3. The van der Waals surface area contributed by atoms with Crippen LogP contribution in [0.1, 0.15) is 56.8 Å². The van der Waals surface area contributed by atoms with Crippen LogP contribution in [0.2, 0.25) is 0 Å². The van der Waals surface area contributed by atoms with E-state index in [4.69, 9.17) is 63.2 Å². The third-order valence-electron chi connectivity index (χ3n) is 7.52. The Morgan fingerprint density at radius 3 is 1.63 bits per heavy atom. The normalized spacial score (nSPS) is 20.1. The summed E-state index contributed by atoms with van der Waals surface area (Å²) in [7, 11) is 0. The molecule has 0 saturated carbocycles. The molecule has 12 nitrogen and oxygen atoms in total. The van der Waals surface area contributed by atoms with Gasteiger partial charge in [0, 0.05) is 13.2 Å². The Labute approximate surface area is 310 Å². The molecule has 0 aromatic heterocycles. The number of nitrogens with one attached hydrogen (secondary N) is 1. The Balaban J connectivity index is 1.48. The molecule has 15 heteroatoms.